The number of nitrogens with zero attached hydrogens (tertiary/aromatic N) is 2. The molecule has 1 heterocycles. The van der Waals surface area contributed by atoms with Gasteiger partial charge < -0.3 is 0 Å². The largest absolute Gasteiger partial charge is 0.263 e. The van der Waals surface area contributed by atoms with Crippen molar-refractivity contribution < 1.29 is 0 Å². The van der Waals surface area contributed by atoms with E-state index in [1.807, 2.05) is 0 Å². The molecule has 0 spiro atoms. The zero-order valence-electron chi connectivity index (χ0n) is 7.89. The van der Waals surface area contributed by atoms with E-state index in [4.69, 9.17) is 0 Å². The fourth-order valence-electron chi connectivity index (χ4n) is 1.15. The van der Waals surface area contributed by atoms with Crippen molar-refractivity contribution in [3.05, 3.63) is 11.6 Å². The average molecular weight is 165 g/mol. The molecular weight excluding hydrogens is 150 g/mol. The number of rotatable bonds is 1. The molecule has 0 bridgehead atoms. The fraction of sp³-hybridized carbons (Fsp3) is 0.778. The van der Waals surface area contributed by atoms with E-state index >= 15 is 0 Å². The van der Waals surface area contributed by atoms with Crippen molar-refractivity contribution in [2.45, 2.75) is 44.9 Å². The summed E-state index contributed by atoms with van der Waals surface area (Å²) in [7, 11) is 0. The Morgan fingerprint density at radius 1 is 1.33 bits per heavy atom. The lowest BCUT2D eigenvalue weighted by molar-refractivity contribution is 0.547. The standard InChI is InChI=1S/C9H15N3/c1-9(2,3)8-10-7(11-12-8)6-4-5-6/h6H,4-5H2,1-3H3,(H,10,11,12). The molecule has 0 atom stereocenters. The normalized spacial score (nSPS) is 18.2. The van der Waals surface area contributed by atoms with E-state index in [-0.39, 0.29) is 5.41 Å². The zero-order valence-corrected chi connectivity index (χ0v) is 7.89. The molecule has 0 aliphatic heterocycles. The number of aromatic amines is 1. The second-order valence-corrected chi connectivity index (χ2v) is 4.57. The molecule has 1 N–H and O–H groups in total. The van der Waals surface area contributed by atoms with Crippen LogP contribution in [-0.2, 0) is 5.41 Å². The molecule has 2 rings (SSSR count). The van der Waals surface area contributed by atoms with Gasteiger partial charge in [0.15, 0.2) is 5.82 Å². The number of hydrogen-bond acceptors (Lipinski definition) is 2. The average Bonchev–Trinajstić information content (AvgIpc) is 2.66. The fourth-order valence-corrected chi connectivity index (χ4v) is 1.15. The van der Waals surface area contributed by atoms with E-state index < -0.39 is 0 Å². The van der Waals surface area contributed by atoms with Gasteiger partial charge in [0.25, 0.3) is 0 Å². The summed E-state index contributed by atoms with van der Waals surface area (Å²) in [6, 6.07) is 0. The van der Waals surface area contributed by atoms with Crippen LogP contribution in [0.3, 0.4) is 0 Å². The highest BCUT2D eigenvalue weighted by Crippen LogP contribution is 2.38. The molecule has 1 aliphatic rings. The van der Waals surface area contributed by atoms with Gasteiger partial charge in [-0.1, -0.05) is 20.8 Å². The second-order valence-electron chi connectivity index (χ2n) is 4.57. The molecule has 0 unspecified atom stereocenters. The zero-order chi connectivity index (χ0) is 8.77. The van der Waals surface area contributed by atoms with Gasteiger partial charge in [-0.05, 0) is 12.8 Å². The van der Waals surface area contributed by atoms with Gasteiger partial charge in [0.1, 0.15) is 5.82 Å². The topological polar surface area (TPSA) is 41.6 Å². The number of aromatic nitrogens is 3. The highest BCUT2D eigenvalue weighted by Gasteiger charge is 2.29. The summed E-state index contributed by atoms with van der Waals surface area (Å²) in [4.78, 5) is 4.48. The highest BCUT2D eigenvalue weighted by molar-refractivity contribution is 5.09. The molecule has 0 radical (unpaired) electrons. The lowest BCUT2D eigenvalue weighted by atomic mass is 9.96. The quantitative estimate of drug-likeness (QED) is 0.691. The Hall–Kier alpha value is -0.860. The molecule has 3 heteroatoms. The summed E-state index contributed by atoms with van der Waals surface area (Å²) in [5.41, 5.74) is 0.0731. The van der Waals surface area contributed by atoms with Gasteiger partial charge in [0, 0.05) is 11.3 Å². The minimum atomic E-state index is 0.0731. The predicted molar refractivity (Wildman–Crippen MR) is 47.1 cm³/mol. The molecule has 0 saturated heterocycles. The van der Waals surface area contributed by atoms with Crippen molar-refractivity contribution in [2.75, 3.05) is 0 Å². The maximum Gasteiger partial charge on any atom is 0.156 e. The third-order valence-corrected chi connectivity index (χ3v) is 2.14. The minimum absolute atomic E-state index is 0.0731. The first-order valence-corrected chi connectivity index (χ1v) is 4.50. The van der Waals surface area contributed by atoms with Crippen molar-refractivity contribution in [3.63, 3.8) is 0 Å². The summed E-state index contributed by atoms with van der Waals surface area (Å²) in [6.45, 7) is 6.40. The van der Waals surface area contributed by atoms with Crippen molar-refractivity contribution >= 4 is 0 Å². The second kappa shape index (κ2) is 2.31. The first-order valence-electron chi connectivity index (χ1n) is 4.50. The molecule has 1 aromatic heterocycles. The third kappa shape index (κ3) is 1.36. The number of hydrogen-bond donors (Lipinski definition) is 1. The van der Waals surface area contributed by atoms with Crippen LogP contribution in [0.4, 0.5) is 0 Å². The Kier molecular flexibility index (Phi) is 1.50. The molecule has 1 fully saturated rings. The van der Waals surface area contributed by atoms with Crippen LogP contribution in [0.15, 0.2) is 0 Å². The molecule has 1 aliphatic carbocycles. The number of H-pyrrole nitrogens is 1. The van der Waals surface area contributed by atoms with Crippen molar-refractivity contribution in [1.29, 1.82) is 0 Å². The molecule has 0 amide bonds. The lowest BCUT2D eigenvalue weighted by Crippen LogP contribution is -2.13. The summed E-state index contributed by atoms with van der Waals surface area (Å²) in [5, 5.41) is 7.23. The van der Waals surface area contributed by atoms with Gasteiger partial charge in [-0.15, -0.1) is 0 Å². The Morgan fingerprint density at radius 2 is 2.00 bits per heavy atom. The number of nitrogens with one attached hydrogen (secondary N) is 1. The van der Waals surface area contributed by atoms with Crippen LogP contribution in [0, 0.1) is 0 Å². The van der Waals surface area contributed by atoms with Gasteiger partial charge in [0.2, 0.25) is 0 Å². The SMILES string of the molecule is CC(C)(C)c1n[nH]c(C2CC2)n1. The van der Waals surface area contributed by atoms with Crippen LogP contribution in [-0.4, -0.2) is 15.2 Å². The molecule has 1 saturated carbocycles. The highest BCUT2D eigenvalue weighted by atomic mass is 15.2. The van der Waals surface area contributed by atoms with Crippen LogP contribution in [0.5, 0.6) is 0 Å². The Morgan fingerprint density at radius 3 is 2.42 bits per heavy atom. The van der Waals surface area contributed by atoms with E-state index in [0.717, 1.165) is 11.6 Å². The van der Waals surface area contributed by atoms with E-state index in [1.54, 1.807) is 0 Å². The van der Waals surface area contributed by atoms with Crippen molar-refractivity contribution in [3.8, 4) is 0 Å². The van der Waals surface area contributed by atoms with Crippen LogP contribution >= 0.6 is 0 Å². The van der Waals surface area contributed by atoms with Gasteiger partial charge in [-0.25, -0.2) is 4.98 Å². The van der Waals surface area contributed by atoms with Gasteiger partial charge in [-0.2, -0.15) is 5.10 Å². The lowest BCUT2D eigenvalue weighted by Gasteiger charge is -2.11. The van der Waals surface area contributed by atoms with E-state index in [0.29, 0.717) is 5.92 Å². The monoisotopic (exact) mass is 165 g/mol. The minimum Gasteiger partial charge on any atom is -0.263 e. The maximum atomic E-state index is 4.48. The predicted octanol–water partition coefficient (Wildman–Crippen LogP) is 1.98. The van der Waals surface area contributed by atoms with E-state index in [1.165, 1.54) is 12.8 Å². The molecule has 3 nitrogen and oxygen atoms in total. The van der Waals surface area contributed by atoms with Gasteiger partial charge in [-0.3, -0.25) is 5.10 Å². The first kappa shape index (κ1) is 7.77. The van der Waals surface area contributed by atoms with Crippen LogP contribution in [0.25, 0.3) is 0 Å². The van der Waals surface area contributed by atoms with Crippen LogP contribution in [0.2, 0.25) is 0 Å². The smallest absolute Gasteiger partial charge is 0.156 e. The first-order chi connectivity index (χ1) is 5.57. The molecule has 66 valence electrons. The molecule has 1 aromatic rings. The van der Waals surface area contributed by atoms with Gasteiger partial charge in [0.05, 0.1) is 0 Å². The summed E-state index contributed by atoms with van der Waals surface area (Å²) in [6.07, 6.45) is 2.55. The van der Waals surface area contributed by atoms with Gasteiger partial charge >= 0.3 is 0 Å². The Labute approximate surface area is 72.6 Å². The molecular formula is C9H15N3. The maximum absolute atomic E-state index is 4.48. The third-order valence-electron chi connectivity index (χ3n) is 2.14. The van der Waals surface area contributed by atoms with Crippen molar-refractivity contribution in [1.82, 2.24) is 15.2 Å². The van der Waals surface area contributed by atoms with Crippen LogP contribution < -0.4 is 0 Å². The summed E-state index contributed by atoms with van der Waals surface area (Å²) < 4.78 is 0. The summed E-state index contributed by atoms with van der Waals surface area (Å²) in [5.74, 6) is 2.69. The Bertz CT molecular complexity index is 278. The Balaban J connectivity index is 2.23. The summed E-state index contributed by atoms with van der Waals surface area (Å²) >= 11 is 0. The molecule has 0 aromatic carbocycles. The van der Waals surface area contributed by atoms with E-state index in [9.17, 15) is 0 Å². The van der Waals surface area contributed by atoms with Crippen molar-refractivity contribution in [2.24, 2.45) is 0 Å². The van der Waals surface area contributed by atoms with Crippen LogP contribution in [0.1, 0.15) is 51.2 Å². The molecule has 12 heavy (non-hydrogen) atoms. The van der Waals surface area contributed by atoms with E-state index in [2.05, 4.69) is 36.0 Å².